The molecule has 0 atom stereocenters. The third-order valence-electron chi connectivity index (χ3n) is 4.65. The third-order valence-corrected chi connectivity index (χ3v) is 4.65. The maximum absolute atomic E-state index is 12.9. The van der Waals surface area contributed by atoms with Crippen molar-refractivity contribution in [2.45, 2.75) is 12.1 Å². The second kappa shape index (κ2) is 7.54. The van der Waals surface area contributed by atoms with Crippen molar-refractivity contribution in [1.29, 1.82) is 0 Å². The number of carbonyl (C=O) groups is 1. The molecular formula is C21H16F3N3O2. The van der Waals surface area contributed by atoms with Gasteiger partial charge in [0, 0.05) is 24.7 Å². The van der Waals surface area contributed by atoms with Crippen LogP contribution in [-0.2, 0) is 11.0 Å². The summed E-state index contributed by atoms with van der Waals surface area (Å²) in [5, 5.41) is 3.79. The van der Waals surface area contributed by atoms with Crippen LogP contribution in [0.5, 0.6) is 0 Å². The highest BCUT2D eigenvalue weighted by molar-refractivity contribution is 5.92. The summed E-state index contributed by atoms with van der Waals surface area (Å²) in [7, 11) is 0. The zero-order chi connectivity index (χ0) is 20.4. The quantitative estimate of drug-likeness (QED) is 0.611. The van der Waals surface area contributed by atoms with Crippen molar-refractivity contribution < 1.29 is 22.5 Å². The molecule has 1 aromatic heterocycles. The van der Waals surface area contributed by atoms with Crippen LogP contribution in [0, 0.1) is 0 Å². The van der Waals surface area contributed by atoms with E-state index < -0.39 is 11.7 Å². The standard InChI is InChI=1S/C21H16F3N3O2/c22-21(23,24)17-8-4-7-15(11-17)19-25-20(29-26-19)16-12-27(13-16)18(28)10-9-14-5-2-1-3-6-14/h1-11,16H,12-13H2/b10-9+. The van der Waals surface area contributed by atoms with Gasteiger partial charge in [-0.15, -0.1) is 0 Å². The molecule has 0 spiro atoms. The molecule has 5 nitrogen and oxygen atoms in total. The molecule has 0 N–H and O–H groups in total. The molecule has 1 amide bonds. The summed E-state index contributed by atoms with van der Waals surface area (Å²) in [4.78, 5) is 18.0. The molecule has 148 valence electrons. The van der Waals surface area contributed by atoms with E-state index >= 15 is 0 Å². The van der Waals surface area contributed by atoms with Crippen LogP contribution in [0.4, 0.5) is 13.2 Å². The topological polar surface area (TPSA) is 59.2 Å². The molecule has 1 aliphatic heterocycles. The monoisotopic (exact) mass is 399 g/mol. The lowest BCUT2D eigenvalue weighted by Gasteiger charge is -2.36. The zero-order valence-electron chi connectivity index (χ0n) is 15.1. The van der Waals surface area contributed by atoms with Crippen LogP contribution in [0.3, 0.4) is 0 Å². The maximum Gasteiger partial charge on any atom is 0.416 e. The molecule has 29 heavy (non-hydrogen) atoms. The van der Waals surface area contributed by atoms with E-state index in [2.05, 4.69) is 10.1 Å². The van der Waals surface area contributed by atoms with Gasteiger partial charge in [-0.1, -0.05) is 47.6 Å². The number of hydrogen-bond donors (Lipinski definition) is 0. The number of rotatable bonds is 4. The highest BCUT2D eigenvalue weighted by Crippen LogP contribution is 2.32. The van der Waals surface area contributed by atoms with Gasteiger partial charge in [0.1, 0.15) is 0 Å². The van der Waals surface area contributed by atoms with Gasteiger partial charge in [0.2, 0.25) is 17.6 Å². The summed E-state index contributed by atoms with van der Waals surface area (Å²) in [6.07, 6.45) is -1.19. The first-order valence-electron chi connectivity index (χ1n) is 8.93. The fourth-order valence-electron chi connectivity index (χ4n) is 3.00. The van der Waals surface area contributed by atoms with Crippen LogP contribution >= 0.6 is 0 Å². The number of hydrogen-bond acceptors (Lipinski definition) is 4. The molecule has 1 fully saturated rings. The van der Waals surface area contributed by atoms with Gasteiger partial charge in [-0.2, -0.15) is 18.2 Å². The number of alkyl halides is 3. The second-order valence-corrected chi connectivity index (χ2v) is 6.72. The molecule has 0 aliphatic carbocycles. The Morgan fingerprint density at radius 1 is 1.10 bits per heavy atom. The van der Waals surface area contributed by atoms with Gasteiger partial charge in [0.15, 0.2) is 0 Å². The summed E-state index contributed by atoms with van der Waals surface area (Å²) in [5.41, 5.74) is 0.389. The summed E-state index contributed by atoms with van der Waals surface area (Å²) in [5.74, 6) is 0.159. The van der Waals surface area contributed by atoms with Crippen LogP contribution in [0.2, 0.25) is 0 Å². The Bertz CT molecular complexity index is 1040. The van der Waals surface area contributed by atoms with Crippen molar-refractivity contribution in [3.8, 4) is 11.4 Å². The first kappa shape index (κ1) is 18.9. The van der Waals surface area contributed by atoms with E-state index in [-0.39, 0.29) is 23.2 Å². The number of likely N-dealkylation sites (tertiary alicyclic amines) is 1. The smallest absolute Gasteiger partial charge is 0.339 e. The summed E-state index contributed by atoms with van der Waals surface area (Å²) >= 11 is 0. The van der Waals surface area contributed by atoms with Crippen LogP contribution < -0.4 is 0 Å². The minimum Gasteiger partial charge on any atom is -0.339 e. The lowest BCUT2D eigenvalue weighted by molar-refractivity contribution is -0.137. The minimum atomic E-state index is -4.44. The van der Waals surface area contributed by atoms with Crippen molar-refractivity contribution >= 4 is 12.0 Å². The molecule has 0 radical (unpaired) electrons. The highest BCUT2D eigenvalue weighted by atomic mass is 19.4. The Hall–Kier alpha value is -3.42. The van der Waals surface area contributed by atoms with E-state index in [0.29, 0.717) is 19.0 Å². The van der Waals surface area contributed by atoms with Gasteiger partial charge in [-0.25, -0.2) is 0 Å². The van der Waals surface area contributed by atoms with Crippen molar-refractivity contribution in [3.05, 3.63) is 77.7 Å². The molecule has 0 unspecified atom stereocenters. The maximum atomic E-state index is 12.9. The summed E-state index contributed by atoms with van der Waals surface area (Å²) in [6, 6.07) is 14.3. The predicted octanol–water partition coefficient (Wildman–Crippen LogP) is 4.39. The number of halogens is 3. The predicted molar refractivity (Wildman–Crippen MR) is 99.5 cm³/mol. The lowest BCUT2D eigenvalue weighted by atomic mass is 10.00. The average molecular weight is 399 g/mol. The molecule has 8 heteroatoms. The molecule has 0 saturated carbocycles. The Kier molecular flexibility index (Phi) is 4.92. The number of aromatic nitrogens is 2. The van der Waals surface area contributed by atoms with Crippen LogP contribution in [0.25, 0.3) is 17.5 Å². The van der Waals surface area contributed by atoms with Gasteiger partial charge in [-0.05, 0) is 23.8 Å². The first-order chi connectivity index (χ1) is 13.9. The fraction of sp³-hybridized carbons (Fsp3) is 0.190. The van der Waals surface area contributed by atoms with E-state index in [4.69, 9.17) is 4.52 Å². The van der Waals surface area contributed by atoms with Crippen molar-refractivity contribution in [2.75, 3.05) is 13.1 Å². The normalized spacial score (nSPS) is 14.9. The second-order valence-electron chi connectivity index (χ2n) is 6.72. The highest BCUT2D eigenvalue weighted by Gasteiger charge is 2.35. The molecular weight excluding hydrogens is 383 g/mol. The van der Waals surface area contributed by atoms with Gasteiger partial charge in [0.05, 0.1) is 11.5 Å². The van der Waals surface area contributed by atoms with Crippen molar-refractivity contribution in [1.82, 2.24) is 15.0 Å². The van der Waals surface area contributed by atoms with Gasteiger partial charge < -0.3 is 9.42 Å². The number of nitrogens with zero attached hydrogens (tertiary/aromatic N) is 3. The van der Waals surface area contributed by atoms with Gasteiger partial charge in [-0.3, -0.25) is 4.79 Å². The molecule has 2 aromatic carbocycles. The van der Waals surface area contributed by atoms with E-state index in [1.807, 2.05) is 30.3 Å². The zero-order valence-corrected chi connectivity index (χ0v) is 15.1. The molecule has 1 saturated heterocycles. The van der Waals surface area contributed by atoms with E-state index in [1.165, 1.54) is 18.2 Å². The van der Waals surface area contributed by atoms with Crippen LogP contribution in [0.15, 0.2) is 65.2 Å². The Morgan fingerprint density at radius 3 is 2.59 bits per heavy atom. The molecule has 4 rings (SSSR count). The van der Waals surface area contributed by atoms with Gasteiger partial charge in [0.25, 0.3) is 0 Å². The van der Waals surface area contributed by atoms with E-state index in [1.54, 1.807) is 11.0 Å². The SMILES string of the molecule is O=C(/C=C/c1ccccc1)N1CC(c2nc(-c3cccc(C(F)(F)F)c3)no2)C1. The Labute approximate surface area is 164 Å². The molecule has 2 heterocycles. The van der Waals surface area contributed by atoms with Crippen molar-refractivity contribution in [2.24, 2.45) is 0 Å². The molecule has 3 aromatic rings. The lowest BCUT2D eigenvalue weighted by Crippen LogP contribution is -2.47. The average Bonchev–Trinajstić information content (AvgIpc) is 3.15. The number of carbonyl (C=O) groups excluding carboxylic acids is 1. The fourth-order valence-corrected chi connectivity index (χ4v) is 3.00. The Balaban J connectivity index is 1.38. The molecule has 0 bridgehead atoms. The summed E-state index contributed by atoms with van der Waals surface area (Å²) in [6.45, 7) is 0.838. The largest absolute Gasteiger partial charge is 0.416 e. The summed E-state index contributed by atoms with van der Waals surface area (Å²) < 4.78 is 43.8. The minimum absolute atomic E-state index is 0.0971. The first-order valence-corrected chi connectivity index (χ1v) is 8.93. The van der Waals surface area contributed by atoms with E-state index in [0.717, 1.165) is 17.7 Å². The Morgan fingerprint density at radius 2 is 1.86 bits per heavy atom. The number of benzene rings is 2. The number of amides is 1. The van der Waals surface area contributed by atoms with Gasteiger partial charge >= 0.3 is 6.18 Å². The third kappa shape index (κ3) is 4.21. The van der Waals surface area contributed by atoms with Crippen molar-refractivity contribution in [3.63, 3.8) is 0 Å². The van der Waals surface area contributed by atoms with E-state index in [9.17, 15) is 18.0 Å². The molecule has 1 aliphatic rings. The van der Waals surface area contributed by atoms with Crippen LogP contribution in [0.1, 0.15) is 22.9 Å². The van der Waals surface area contributed by atoms with Crippen LogP contribution in [-0.4, -0.2) is 34.0 Å².